The molecule has 0 unspecified atom stereocenters. The predicted molar refractivity (Wildman–Crippen MR) is 75.3 cm³/mol. The van der Waals surface area contributed by atoms with Crippen molar-refractivity contribution in [1.82, 2.24) is 14.7 Å². The molecule has 2 amide bonds. The highest BCUT2D eigenvalue weighted by atomic mass is 16.5. The van der Waals surface area contributed by atoms with Crippen LogP contribution in [0.3, 0.4) is 0 Å². The first-order chi connectivity index (χ1) is 9.65. The van der Waals surface area contributed by atoms with E-state index in [0.717, 1.165) is 32.6 Å². The van der Waals surface area contributed by atoms with Crippen molar-refractivity contribution >= 4 is 11.8 Å². The first-order valence-corrected chi connectivity index (χ1v) is 7.43. The Morgan fingerprint density at radius 2 is 2.15 bits per heavy atom. The molecule has 6 nitrogen and oxygen atoms in total. The van der Waals surface area contributed by atoms with Crippen molar-refractivity contribution in [3.63, 3.8) is 0 Å². The quantitative estimate of drug-likeness (QED) is 0.692. The van der Waals surface area contributed by atoms with Crippen molar-refractivity contribution < 1.29 is 14.3 Å². The van der Waals surface area contributed by atoms with E-state index in [-0.39, 0.29) is 24.3 Å². The molecule has 0 aromatic rings. The predicted octanol–water partition coefficient (Wildman–Crippen LogP) is -0.355. The molecule has 2 saturated heterocycles. The van der Waals surface area contributed by atoms with E-state index < -0.39 is 0 Å². The first-order valence-electron chi connectivity index (χ1n) is 7.43. The van der Waals surface area contributed by atoms with Crippen LogP contribution in [0.1, 0.15) is 13.3 Å². The summed E-state index contributed by atoms with van der Waals surface area (Å²) in [6.07, 6.45) is 0.894. The smallest absolute Gasteiger partial charge is 0.242 e. The zero-order valence-electron chi connectivity index (χ0n) is 12.5. The van der Waals surface area contributed by atoms with Gasteiger partial charge in [-0.3, -0.25) is 9.59 Å². The zero-order chi connectivity index (χ0) is 14.5. The lowest BCUT2D eigenvalue weighted by Crippen LogP contribution is -2.53. The average Bonchev–Trinajstić information content (AvgIpc) is 2.93. The van der Waals surface area contributed by atoms with Gasteiger partial charge in [0, 0.05) is 39.8 Å². The van der Waals surface area contributed by atoms with Crippen molar-refractivity contribution in [3.05, 3.63) is 0 Å². The number of ether oxygens (including phenoxy) is 1. The molecule has 0 N–H and O–H groups in total. The molecule has 0 bridgehead atoms. The van der Waals surface area contributed by atoms with Crippen LogP contribution in [-0.2, 0) is 14.3 Å². The maximum absolute atomic E-state index is 12.5. The minimum absolute atomic E-state index is 0.0489. The highest BCUT2D eigenvalue weighted by Gasteiger charge is 2.34. The summed E-state index contributed by atoms with van der Waals surface area (Å²) >= 11 is 0. The molecule has 114 valence electrons. The van der Waals surface area contributed by atoms with Crippen LogP contribution in [0.25, 0.3) is 0 Å². The summed E-state index contributed by atoms with van der Waals surface area (Å²) in [5.41, 5.74) is 0. The van der Waals surface area contributed by atoms with Crippen molar-refractivity contribution in [2.75, 3.05) is 59.5 Å². The van der Waals surface area contributed by atoms with Gasteiger partial charge in [-0.25, -0.2) is 0 Å². The molecule has 0 aliphatic carbocycles. The standard InChI is InChI=1S/C14H25N3O3/c1-3-16-6-7-17(11-13(16)18)14(19)12-4-5-15(10-12)8-9-20-2/h12H,3-11H2,1-2H3/t12-/m1/s1. The van der Waals surface area contributed by atoms with Gasteiger partial charge in [-0.1, -0.05) is 0 Å². The summed E-state index contributed by atoms with van der Waals surface area (Å²) in [6, 6.07) is 0. The van der Waals surface area contributed by atoms with Gasteiger partial charge in [0.05, 0.1) is 19.1 Å². The molecule has 0 spiro atoms. The largest absolute Gasteiger partial charge is 0.383 e. The normalized spacial score (nSPS) is 24.5. The van der Waals surface area contributed by atoms with Crippen LogP contribution in [0, 0.1) is 5.92 Å². The number of carbonyl (C=O) groups excluding carboxylic acids is 2. The van der Waals surface area contributed by atoms with E-state index in [1.807, 2.05) is 11.8 Å². The lowest BCUT2D eigenvalue weighted by atomic mass is 10.1. The highest BCUT2D eigenvalue weighted by Crippen LogP contribution is 2.19. The van der Waals surface area contributed by atoms with E-state index in [1.165, 1.54) is 0 Å². The van der Waals surface area contributed by atoms with Crippen LogP contribution < -0.4 is 0 Å². The van der Waals surface area contributed by atoms with E-state index in [2.05, 4.69) is 4.90 Å². The van der Waals surface area contributed by atoms with Gasteiger partial charge >= 0.3 is 0 Å². The van der Waals surface area contributed by atoms with Crippen molar-refractivity contribution in [1.29, 1.82) is 0 Å². The summed E-state index contributed by atoms with van der Waals surface area (Å²) in [7, 11) is 1.69. The topological polar surface area (TPSA) is 53.1 Å². The Labute approximate surface area is 120 Å². The lowest BCUT2D eigenvalue weighted by Gasteiger charge is -2.35. The van der Waals surface area contributed by atoms with Gasteiger partial charge in [-0.2, -0.15) is 0 Å². The molecule has 20 heavy (non-hydrogen) atoms. The maximum Gasteiger partial charge on any atom is 0.242 e. The summed E-state index contributed by atoms with van der Waals surface area (Å²) in [5.74, 6) is 0.267. The Hall–Kier alpha value is -1.14. The fourth-order valence-corrected chi connectivity index (χ4v) is 2.95. The third kappa shape index (κ3) is 3.49. The van der Waals surface area contributed by atoms with Crippen LogP contribution in [-0.4, -0.2) is 86.0 Å². The molecule has 0 aromatic heterocycles. The van der Waals surface area contributed by atoms with Gasteiger partial charge in [-0.15, -0.1) is 0 Å². The third-order valence-corrected chi connectivity index (χ3v) is 4.25. The molecule has 2 fully saturated rings. The second kappa shape index (κ2) is 7.04. The van der Waals surface area contributed by atoms with Gasteiger partial charge in [0.15, 0.2) is 0 Å². The molecular weight excluding hydrogens is 258 g/mol. The number of hydrogen-bond acceptors (Lipinski definition) is 4. The Bertz CT molecular complexity index is 362. The lowest BCUT2D eigenvalue weighted by molar-refractivity contribution is -0.147. The molecule has 2 rings (SSSR count). The minimum atomic E-state index is 0.0489. The summed E-state index contributed by atoms with van der Waals surface area (Å²) in [5, 5.41) is 0. The van der Waals surface area contributed by atoms with E-state index in [0.29, 0.717) is 19.7 Å². The summed E-state index contributed by atoms with van der Waals surface area (Å²) < 4.78 is 5.07. The second-order valence-electron chi connectivity index (χ2n) is 5.51. The molecule has 0 radical (unpaired) electrons. The van der Waals surface area contributed by atoms with E-state index >= 15 is 0 Å². The zero-order valence-corrected chi connectivity index (χ0v) is 12.5. The number of rotatable bonds is 5. The third-order valence-electron chi connectivity index (χ3n) is 4.25. The molecule has 2 aliphatic rings. The summed E-state index contributed by atoms with van der Waals surface area (Å²) in [6.45, 7) is 7.62. The maximum atomic E-state index is 12.5. The van der Waals surface area contributed by atoms with Crippen molar-refractivity contribution in [3.8, 4) is 0 Å². The van der Waals surface area contributed by atoms with Crippen LogP contribution in [0.4, 0.5) is 0 Å². The Balaban J connectivity index is 1.82. The molecule has 0 aromatic carbocycles. The fourth-order valence-electron chi connectivity index (χ4n) is 2.95. The monoisotopic (exact) mass is 283 g/mol. The number of amides is 2. The molecule has 0 saturated carbocycles. The van der Waals surface area contributed by atoms with Crippen molar-refractivity contribution in [2.24, 2.45) is 5.92 Å². The van der Waals surface area contributed by atoms with Crippen LogP contribution >= 0.6 is 0 Å². The molecule has 6 heteroatoms. The molecule has 1 atom stereocenters. The van der Waals surface area contributed by atoms with Gasteiger partial charge in [0.2, 0.25) is 11.8 Å². The molecule has 2 aliphatic heterocycles. The molecule has 2 heterocycles. The number of piperazine rings is 1. The van der Waals surface area contributed by atoms with Crippen LogP contribution in [0.2, 0.25) is 0 Å². The number of likely N-dealkylation sites (N-methyl/N-ethyl adjacent to an activating group) is 1. The number of methoxy groups -OCH3 is 1. The number of nitrogens with zero attached hydrogens (tertiary/aromatic N) is 3. The number of carbonyl (C=O) groups is 2. The SMILES string of the molecule is CCN1CCN(C(=O)[C@@H]2CCN(CCOC)C2)CC1=O. The van der Waals surface area contributed by atoms with E-state index in [4.69, 9.17) is 4.74 Å². The van der Waals surface area contributed by atoms with Crippen LogP contribution in [0.5, 0.6) is 0 Å². The average molecular weight is 283 g/mol. The molecular formula is C14H25N3O3. The second-order valence-corrected chi connectivity index (χ2v) is 5.51. The van der Waals surface area contributed by atoms with Gasteiger partial charge in [0.25, 0.3) is 0 Å². The minimum Gasteiger partial charge on any atom is -0.383 e. The Kier molecular flexibility index (Phi) is 5.37. The van der Waals surface area contributed by atoms with E-state index in [9.17, 15) is 9.59 Å². The number of hydrogen-bond donors (Lipinski definition) is 0. The Morgan fingerprint density at radius 3 is 2.80 bits per heavy atom. The van der Waals surface area contributed by atoms with Gasteiger partial charge in [-0.05, 0) is 19.9 Å². The van der Waals surface area contributed by atoms with Crippen LogP contribution in [0.15, 0.2) is 0 Å². The Morgan fingerprint density at radius 1 is 1.35 bits per heavy atom. The number of likely N-dealkylation sites (tertiary alicyclic amines) is 1. The summed E-state index contributed by atoms with van der Waals surface area (Å²) in [4.78, 5) is 30.1. The van der Waals surface area contributed by atoms with Gasteiger partial charge < -0.3 is 19.4 Å². The van der Waals surface area contributed by atoms with Crippen molar-refractivity contribution in [2.45, 2.75) is 13.3 Å². The fraction of sp³-hybridized carbons (Fsp3) is 0.857. The highest BCUT2D eigenvalue weighted by molar-refractivity contribution is 5.87. The first kappa shape index (κ1) is 15.3. The van der Waals surface area contributed by atoms with E-state index in [1.54, 1.807) is 12.0 Å². The van der Waals surface area contributed by atoms with Gasteiger partial charge in [0.1, 0.15) is 0 Å².